The normalized spacial score (nSPS) is 10.0. The van der Waals surface area contributed by atoms with E-state index in [9.17, 15) is 4.79 Å². The van der Waals surface area contributed by atoms with E-state index in [-0.39, 0.29) is 5.78 Å². The van der Waals surface area contributed by atoms with Gasteiger partial charge in [0.2, 0.25) is 0 Å². The Morgan fingerprint density at radius 2 is 2.14 bits per heavy atom. The number of rotatable bonds is 3. The zero-order valence-electron chi connectivity index (χ0n) is 8.56. The molecule has 0 aliphatic rings. The van der Waals surface area contributed by atoms with E-state index in [4.69, 9.17) is 16.3 Å². The van der Waals surface area contributed by atoms with Crippen molar-refractivity contribution in [3.63, 3.8) is 0 Å². The van der Waals surface area contributed by atoms with Gasteiger partial charge in [-0.25, -0.2) is 0 Å². The van der Waals surface area contributed by atoms with Crippen LogP contribution in [0.5, 0.6) is 5.75 Å². The summed E-state index contributed by atoms with van der Waals surface area (Å²) in [5, 5.41) is 0.544. The molecule has 0 aliphatic heterocycles. The van der Waals surface area contributed by atoms with Crippen molar-refractivity contribution in [1.82, 2.24) is 0 Å². The fraction of sp³-hybridized carbons (Fsp3) is 0.364. The van der Waals surface area contributed by atoms with Gasteiger partial charge in [0.1, 0.15) is 11.5 Å². The molecule has 0 spiro atoms. The van der Waals surface area contributed by atoms with Crippen molar-refractivity contribution >= 4 is 17.4 Å². The van der Waals surface area contributed by atoms with Gasteiger partial charge in [0.05, 0.1) is 12.1 Å². The van der Waals surface area contributed by atoms with E-state index in [0.29, 0.717) is 17.2 Å². The largest absolute Gasteiger partial charge is 0.495 e. The van der Waals surface area contributed by atoms with Gasteiger partial charge in [-0.05, 0) is 31.0 Å². The number of carbonyl (C=O) groups is 1. The quantitative estimate of drug-likeness (QED) is 0.770. The van der Waals surface area contributed by atoms with Crippen LogP contribution in [0.1, 0.15) is 18.1 Å². The molecule has 0 radical (unpaired) electrons. The number of methoxy groups -OCH3 is 1. The highest BCUT2D eigenvalue weighted by Gasteiger charge is 2.11. The van der Waals surface area contributed by atoms with Crippen LogP contribution in [-0.2, 0) is 11.2 Å². The molecule has 76 valence electrons. The second-order valence-electron chi connectivity index (χ2n) is 3.26. The highest BCUT2D eigenvalue weighted by atomic mass is 35.5. The maximum absolute atomic E-state index is 11.0. The lowest BCUT2D eigenvalue weighted by Gasteiger charge is -2.10. The van der Waals surface area contributed by atoms with Gasteiger partial charge < -0.3 is 4.74 Å². The van der Waals surface area contributed by atoms with Crippen molar-refractivity contribution in [3.8, 4) is 5.75 Å². The average Bonchev–Trinajstić information content (AvgIpc) is 2.12. The predicted molar refractivity (Wildman–Crippen MR) is 57.1 cm³/mol. The molecule has 0 aliphatic carbocycles. The third-order valence-electron chi connectivity index (χ3n) is 2.09. The van der Waals surface area contributed by atoms with Crippen LogP contribution < -0.4 is 4.74 Å². The molecule has 3 heteroatoms. The number of hydrogen-bond donors (Lipinski definition) is 0. The van der Waals surface area contributed by atoms with Gasteiger partial charge >= 0.3 is 0 Å². The first-order chi connectivity index (χ1) is 6.56. The standard InChI is InChI=1S/C11H13ClO2/c1-7-4-5-10(14-3)11(12)9(7)6-8(2)13/h4-5H,6H2,1-3H3. The van der Waals surface area contributed by atoms with Crippen molar-refractivity contribution in [2.24, 2.45) is 0 Å². The van der Waals surface area contributed by atoms with E-state index in [2.05, 4.69) is 0 Å². The summed E-state index contributed by atoms with van der Waals surface area (Å²) < 4.78 is 5.08. The summed E-state index contributed by atoms with van der Waals surface area (Å²) >= 11 is 6.08. The maximum atomic E-state index is 11.0. The van der Waals surface area contributed by atoms with Gasteiger partial charge in [0.25, 0.3) is 0 Å². The molecule has 0 heterocycles. The minimum Gasteiger partial charge on any atom is -0.495 e. The van der Waals surface area contributed by atoms with Crippen LogP contribution in [0.4, 0.5) is 0 Å². The van der Waals surface area contributed by atoms with Crippen LogP contribution in [0.2, 0.25) is 5.02 Å². The van der Waals surface area contributed by atoms with Crippen LogP contribution in [0, 0.1) is 6.92 Å². The molecule has 0 N–H and O–H groups in total. The Morgan fingerprint density at radius 3 is 2.64 bits per heavy atom. The Balaban J connectivity index is 3.18. The number of hydrogen-bond acceptors (Lipinski definition) is 2. The van der Waals surface area contributed by atoms with E-state index in [1.807, 2.05) is 13.0 Å². The minimum absolute atomic E-state index is 0.100. The van der Waals surface area contributed by atoms with Crippen LogP contribution >= 0.6 is 11.6 Å². The third kappa shape index (κ3) is 2.26. The Labute approximate surface area is 88.8 Å². The van der Waals surface area contributed by atoms with Gasteiger partial charge in [-0.1, -0.05) is 17.7 Å². The Morgan fingerprint density at radius 1 is 1.50 bits per heavy atom. The predicted octanol–water partition coefficient (Wildman–Crippen LogP) is 2.79. The average molecular weight is 213 g/mol. The lowest BCUT2D eigenvalue weighted by Crippen LogP contribution is -2.01. The van der Waals surface area contributed by atoms with Gasteiger partial charge in [0, 0.05) is 6.42 Å². The second kappa shape index (κ2) is 4.47. The number of carbonyl (C=O) groups excluding carboxylic acids is 1. The van der Waals surface area contributed by atoms with Crippen LogP contribution in [0.15, 0.2) is 12.1 Å². The molecule has 0 aromatic heterocycles. The molecule has 0 bridgehead atoms. The molecule has 1 rings (SSSR count). The lowest BCUT2D eigenvalue weighted by atomic mass is 10.0. The first-order valence-electron chi connectivity index (χ1n) is 4.37. The minimum atomic E-state index is 0.100. The summed E-state index contributed by atoms with van der Waals surface area (Å²) in [7, 11) is 1.56. The fourth-order valence-electron chi connectivity index (χ4n) is 1.32. The van der Waals surface area contributed by atoms with E-state index in [1.54, 1.807) is 20.1 Å². The summed E-state index contributed by atoms with van der Waals surface area (Å²) in [4.78, 5) is 11.0. The summed E-state index contributed by atoms with van der Waals surface area (Å²) in [5.74, 6) is 0.719. The molecule has 0 saturated carbocycles. The summed E-state index contributed by atoms with van der Waals surface area (Å²) in [6, 6.07) is 3.71. The van der Waals surface area contributed by atoms with E-state index < -0.39 is 0 Å². The molecule has 14 heavy (non-hydrogen) atoms. The number of aryl methyl sites for hydroxylation is 1. The molecule has 0 atom stereocenters. The molecule has 0 amide bonds. The zero-order chi connectivity index (χ0) is 10.7. The van der Waals surface area contributed by atoms with E-state index in [0.717, 1.165) is 11.1 Å². The van der Waals surface area contributed by atoms with Crippen molar-refractivity contribution < 1.29 is 9.53 Å². The Kier molecular flexibility index (Phi) is 3.53. The van der Waals surface area contributed by atoms with Crippen molar-refractivity contribution in [3.05, 3.63) is 28.3 Å². The number of Topliss-reactive ketones (excluding diaryl/α,β-unsaturated/α-hetero) is 1. The zero-order valence-corrected chi connectivity index (χ0v) is 9.31. The van der Waals surface area contributed by atoms with Crippen LogP contribution in [0.25, 0.3) is 0 Å². The highest BCUT2D eigenvalue weighted by Crippen LogP contribution is 2.30. The highest BCUT2D eigenvalue weighted by molar-refractivity contribution is 6.33. The Bertz CT molecular complexity index is 359. The number of halogens is 1. The lowest BCUT2D eigenvalue weighted by molar-refractivity contribution is -0.116. The van der Waals surface area contributed by atoms with Crippen molar-refractivity contribution in [2.45, 2.75) is 20.3 Å². The Hall–Kier alpha value is -1.02. The first-order valence-corrected chi connectivity index (χ1v) is 4.75. The molecule has 0 fully saturated rings. The van der Waals surface area contributed by atoms with Gasteiger partial charge in [-0.15, -0.1) is 0 Å². The molecular formula is C11H13ClO2. The first kappa shape index (κ1) is 11.1. The monoisotopic (exact) mass is 212 g/mol. The van der Waals surface area contributed by atoms with Crippen molar-refractivity contribution in [2.75, 3.05) is 7.11 Å². The third-order valence-corrected chi connectivity index (χ3v) is 2.50. The summed E-state index contributed by atoms with van der Waals surface area (Å²) in [5.41, 5.74) is 1.88. The number of benzene rings is 1. The molecule has 0 unspecified atom stereocenters. The molecule has 1 aromatic rings. The number of ketones is 1. The maximum Gasteiger partial charge on any atom is 0.137 e. The molecule has 0 saturated heterocycles. The number of ether oxygens (including phenoxy) is 1. The SMILES string of the molecule is COc1ccc(C)c(CC(C)=O)c1Cl. The molecule has 2 nitrogen and oxygen atoms in total. The fourth-order valence-corrected chi connectivity index (χ4v) is 1.68. The van der Waals surface area contributed by atoms with Gasteiger partial charge in [-0.3, -0.25) is 4.79 Å². The topological polar surface area (TPSA) is 26.3 Å². The molecule has 1 aromatic carbocycles. The van der Waals surface area contributed by atoms with E-state index >= 15 is 0 Å². The van der Waals surface area contributed by atoms with Crippen molar-refractivity contribution in [1.29, 1.82) is 0 Å². The smallest absolute Gasteiger partial charge is 0.137 e. The van der Waals surface area contributed by atoms with Crippen LogP contribution in [-0.4, -0.2) is 12.9 Å². The summed E-state index contributed by atoms with van der Waals surface area (Å²) in [6.45, 7) is 3.48. The molecular weight excluding hydrogens is 200 g/mol. The van der Waals surface area contributed by atoms with E-state index in [1.165, 1.54) is 0 Å². The van der Waals surface area contributed by atoms with Gasteiger partial charge in [-0.2, -0.15) is 0 Å². The second-order valence-corrected chi connectivity index (χ2v) is 3.63. The summed E-state index contributed by atoms with van der Waals surface area (Å²) in [6.07, 6.45) is 0.363. The van der Waals surface area contributed by atoms with Crippen LogP contribution in [0.3, 0.4) is 0 Å². The van der Waals surface area contributed by atoms with Gasteiger partial charge in [0.15, 0.2) is 0 Å².